The Bertz CT molecular complexity index is 1130. The van der Waals surface area contributed by atoms with Crippen LogP contribution in [0.2, 0.25) is 0 Å². The molecule has 1 aromatic carbocycles. The number of aromatic nitrogens is 2. The highest BCUT2D eigenvalue weighted by Crippen LogP contribution is 2.25. The highest BCUT2D eigenvalue weighted by Gasteiger charge is 2.32. The van der Waals surface area contributed by atoms with E-state index in [2.05, 4.69) is 15.5 Å². The van der Waals surface area contributed by atoms with Gasteiger partial charge >= 0.3 is 6.01 Å². The second kappa shape index (κ2) is 8.79. The summed E-state index contributed by atoms with van der Waals surface area (Å²) in [6.45, 7) is 2.23. The molecule has 0 spiro atoms. The van der Waals surface area contributed by atoms with Gasteiger partial charge in [-0.1, -0.05) is 11.5 Å². The molecule has 0 bridgehead atoms. The van der Waals surface area contributed by atoms with E-state index in [0.717, 1.165) is 24.2 Å². The Balaban J connectivity index is 1.41. The van der Waals surface area contributed by atoms with Crippen LogP contribution in [0, 0.1) is 0 Å². The van der Waals surface area contributed by atoms with Gasteiger partial charge < -0.3 is 4.42 Å². The lowest BCUT2D eigenvalue weighted by Gasteiger charge is -2.32. The predicted molar refractivity (Wildman–Crippen MR) is 111 cm³/mol. The van der Waals surface area contributed by atoms with Crippen LogP contribution in [0.15, 0.2) is 33.6 Å². The van der Waals surface area contributed by atoms with Crippen molar-refractivity contribution in [2.45, 2.75) is 56.5 Å². The maximum absolute atomic E-state index is 12.9. The lowest BCUT2D eigenvalue weighted by atomic mass is 10.1. The number of rotatable bonds is 6. The zero-order valence-corrected chi connectivity index (χ0v) is 18.3. The first kappa shape index (κ1) is 22.1. The minimum absolute atomic E-state index is 0.0148. The summed E-state index contributed by atoms with van der Waals surface area (Å²) in [5.41, 5.74) is 0.209. The number of benzene rings is 1. The third-order valence-electron chi connectivity index (χ3n) is 5.60. The predicted octanol–water partition coefficient (Wildman–Crippen LogP) is 1.53. The van der Waals surface area contributed by atoms with Crippen molar-refractivity contribution in [3.8, 4) is 0 Å². The van der Waals surface area contributed by atoms with E-state index in [1.54, 1.807) is 0 Å². The number of nitrogens with one attached hydrogen (secondary N) is 1. The van der Waals surface area contributed by atoms with Crippen LogP contribution in [-0.2, 0) is 26.2 Å². The molecule has 2 aliphatic rings. The fraction of sp³-hybridized carbons (Fsp3) is 0.450. The van der Waals surface area contributed by atoms with Crippen LogP contribution in [0.3, 0.4) is 0 Å². The third-order valence-corrected chi connectivity index (χ3v) is 7.63. The fourth-order valence-corrected chi connectivity index (χ4v) is 5.51. The molecule has 4 rings (SSSR count). The molecule has 1 unspecified atom stereocenters. The lowest BCUT2D eigenvalue weighted by molar-refractivity contribution is -0.139. The lowest BCUT2D eigenvalue weighted by Crippen LogP contribution is -2.41. The smallest absolute Gasteiger partial charge is 0.322 e. The molecule has 1 N–H and O–H groups in total. The van der Waals surface area contributed by atoms with Crippen molar-refractivity contribution in [3.05, 3.63) is 35.7 Å². The first-order chi connectivity index (χ1) is 15.3. The molecule has 2 saturated heterocycles. The third kappa shape index (κ3) is 4.41. The van der Waals surface area contributed by atoms with Crippen molar-refractivity contribution in [2.75, 3.05) is 11.9 Å². The van der Waals surface area contributed by atoms with Crippen molar-refractivity contribution in [2.24, 2.45) is 0 Å². The summed E-state index contributed by atoms with van der Waals surface area (Å²) in [6.07, 6.45) is 2.97. The number of anilines is 1. The van der Waals surface area contributed by atoms with Gasteiger partial charge in [-0.2, -0.15) is 4.31 Å². The zero-order valence-electron chi connectivity index (χ0n) is 17.5. The van der Waals surface area contributed by atoms with Crippen LogP contribution in [0.4, 0.5) is 6.01 Å². The van der Waals surface area contributed by atoms with Crippen molar-refractivity contribution in [3.63, 3.8) is 0 Å². The Morgan fingerprint density at radius 3 is 2.47 bits per heavy atom. The molecule has 0 radical (unpaired) electrons. The van der Waals surface area contributed by atoms with E-state index in [9.17, 15) is 22.8 Å². The largest absolute Gasteiger partial charge is 0.406 e. The van der Waals surface area contributed by atoms with Gasteiger partial charge in [0.2, 0.25) is 27.7 Å². The molecule has 0 aliphatic carbocycles. The molecule has 2 aliphatic heterocycles. The van der Waals surface area contributed by atoms with Gasteiger partial charge in [0.1, 0.15) is 6.54 Å². The SMILES string of the molecule is CC1CCCCN1S(=O)(=O)c1ccc(C(=O)Nc2nnc(CN3C(=O)CCC3=O)o2)cc1. The van der Waals surface area contributed by atoms with E-state index in [-0.39, 0.29) is 59.6 Å². The first-order valence-electron chi connectivity index (χ1n) is 10.3. The normalized spacial score (nSPS) is 20.0. The Morgan fingerprint density at radius 2 is 1.81 bits per heavy atom. The van der Waals surface area contributed by atoms with Gasteiger partial charge in [0.15, 0.2) is 0 Å². The highest BCUT2D eigenvalue weighted by molar-refractivity contribution is 7.89. The molecule has 3 amide bonds. The van der Waals surface area contributed by atoms with Gasteiger partial charge in [0.05, 0.1) is 4.90 Å². The number of hydrogen-bond acceptors (Lipinski definition) is 8. The number of piperidine rings is 1. The standard InChI is InChI=1S/C20H23N5O6S/c1-13-4-2-3-11-25(13)32(29,30)15-7-5-14(6-8-15)19(28)21-20-23-22-16(31-20)12-24-17(26)9-10-18(24)27/h5-8,13H,2-4,9-12H2,1H3,(H,21,23,28). The van der Waals surface area contributed by atoms with E-state index in [0.29, 0.717) is 6.54 Å². The number of imide groups is 1. The van der Waals surface area contributed by atoms with E-state index in [4.69, 9.17) is 4.42 Å². The maximum atomic E-state index is 12.9. The number of nitrogens with zero attached hydrogens (tertiary/aromatic N) is 4. The molecular formula is C20H23N5O6S. The molecule has 2 aromatic rings. The van der Waals surface area contributed by atoms with Crippen LogP contribution >= 0.6 is 0 Å². The van der Waals surface area contributed by atoms with Gasteiger partial charge in [-0.15, -0.1) is 5.10 Å². The quantitative estimate of drug-likeness (QED) is 0.638. The minimum atomic E-state index is -3.63. The number of amides is 3. The molecule has 170 valence electrons. The average molecular weight is 462 g/mol. The second-order valence-electron chi connectivity index (χ2n) is 7.81. The number of carbonyl (C=O) groups is 3. The minimum Gasteiger partial charge on any atom is -0.406 e. The monoisotopic (exact) mass is 461 g/mol. The molecule has 11 nitrogen and oxygen atoms in total. The van der Waals surface area contributed by atoms with E-state index in [1.807, 2.05) is 6.92 Å². The average Bonchev–Trinajstić information content (AvgIpc) is 3.35. The molecule has 3 heterocycles. The molecule has 32 heavy (non-hydrogen) atoms. The summed E-state index contributed by atoms with van der Waals surface area (Å²) in [5.74, 6) is -1.18. The number of sulfonamides is 1. The molecule has 1 aromatic heterocycles. The van der Waals surface area contributed by atoms with Crippen molar-refractivity contribution in [1.29, 1.82) is 0 Å². The number of carbonyl (C=O) groups excluding carboxylic acids is 3. The Labute approximate surface area is 184 Å². The molecular weight excluding hydrogens is 438 g/mol. The van der Waals surface area contributed by atoms with Crippen LogP contribution in [0.5, 0.6) is 0 Å². The topological polar surface area (TPSA) is 143 Å². The summed E-state index contributed by atoms with van der Waals surface area (Å²) in [7, 11) is -3.63. The van der Waals surface area contributed by atoms with Gasteiger partial charge in [0.25, 0.3) is 5.91 Å². The van der Waals surface area contributed by atoms with Gasteiger partial charge in [-0.25, -0.2) is 8.42 Å². The van der Waals surface area contributed by atoms with Gasteiger partial charge in [-0.3, -0.25) is 24.6 Å². The van der Waals surface area contributed by atoms with Crippen molar-refractivity contribution < 1.29 is 27.2 Å². The molecule has 12 heteroatoms. The van der Waals surface area contributed by atoms with E-state index in [1.165, 1.54) is 28.6 Å². The Kier molecular flexibility index (Phi) is 6.07. The summed E-state index contributed by atoms with van der Waals surface area (Å²) in [4.78, 5) is 37.0. The Morgan fingerprint density at radius 1 is 1.12 bits per heavy atom. The van der Waals surface area contributed by atoms with Crippen molar-refractivity contribution in [1.82, 2.24) is 19.4 Å². The second-order valence-corrected chi connectivity index (χ2v) is 9.70. The highest BCUT2D eigenvalue weighted by atomic mass is 32.2. The number of likely N-dealkylation sites (tertiary alicyclic amines) is 1. The van der Waals surface area contributed by atoms with Gasteiger partial charge in [-0.05, 0) is 44.0 Å². The van der Waals surface area contributed by atoms with Crippen LogP contribution in [0.1, 0.15) is 55.3 Å². The Hall–Kier alpha value is -3.12. The summed E-state index contributed by atoms with van der Waals surface area (Å²) in [5, 5.41) is 9.86. The summed E-state index contributed by atoms with van der Waals surface area (Å²) in [6, 6.07) is 5.37. The maximum Gasteiger partial charge on any atom is 0.322 e. The zero-order chi connectivity index (χ0) is 22.9. The van der Waals surface area contributed by atoms with Crippen LogP contribution in [-0.4, -0.2) is 58.1 Å². The molecule has 0 saturated carbocycles. The van der Waals surface area contributed by atoms with Crippen LogP contribution in [0.25, 0.3) is 0 Å². The molecule has 1 atom stereocenters. The van der Waals surface area contributed by atoms with Crippen molar-refractivity contribution >= 4 is 33.8 Å². The first-order valence-corrected chi connectivity index (χ1v) is 11.8. The van der Waals surface area contributed by atoms with Gasteiger partial charge in [0, 0.05) is 31.0 Å². The number of hydrogen-bond donors (Lipinski definition) is 1. The molecule has 2 fully saturated rings. The summed E-state index contributed by atoms with van der Waals surface area (Å²) < 4.78 is 32.6. The van der Waals surface area contributed by atoms with E-state index < -0.39 is 15.9 Å². The summed E-state index contributed by atoms with van der Waals surface area (Å²) >= 11 is 0. The van der Waals surface area contributed by atoms with Crippen LogP contribution < -0.4 is 5.32 Å². The van der Waals surface area contributed by atoms with E-state index >= 15 is 0 Å². The fourth-order valence-electron chi connectivity index (χ4n) is 3.81.